The number of fused-ring (bicyclic) bond motifs is 1. The first-order chi connectivity index (χ1) is 16.9. The van der Waals surface area contributed by atoms with E-state index in [1.54, 1.807) is 23.5 Å². The molecule has 10 heteroatoms. The number of halogens is 2. The summed E-state index contributed by atoms with van der Waals surface area (Å²) in [7, 11) is 0. The van der Waals surface area contributed by atoms with Crippen LogP contribution in [0.5, 0.6) is 5.75 Å². The largest absolute Gasteiger partial charge is 0.491 e. The predicted molar refractivity (Wildman–Crippen MR) is 140 cm³/mol. The van der Waals surface area contributed by atoms with Crippen LogP contribution in [0.4, 0.5) is 0 Å². The highest BCUT2D eigenvalue weighted by Crippen LogP contribution is 2.30. The maximum Gasteiger partial charge on any atom is 0.151 e. The van der Waals surface area contributed by atoms with Gasteiger partial charge < -0.3 is 14.4 Å². The van der Waals surface area contributed by atoms with Gasteiger partial charge in [0.15, 0.2) is 5.76 Å². The van der Waals surface area contributed by atoms with Crippen molar-refractivity contribution in [3.05, 3.63) is 63.3 Å². The van der Waals surface area contributed by atoms with Gasteiger partial charge >= 0.3 is 0 Å². The van der Waals surface area contributed by atoms with Gasteiger partial charge in [-0.05, 0) is 37.3 Å². The average Bonchev–Trinajstić information content (AvgIpc) is 3.44. The molecule has 3 heterocycles. The number of rotatable bonds is 8. The van der Waals surface area contributed by atoms with Gasteiger partial charge in [-0.1, -0.05) is 28.4 Å². The van der Waals surface area contributed by atoms with Crippen molar-refractivity contribution in [3.8, 4) is 17.0 Å². The van der Waals surface area contributed by atoms with Crippen LogP contribution in [0.25, 0.3) is 21.5 Å². The molecule has 1 fully saturated rings. The molecule has 2 aromatic carbocycles. The molecular formula is C25H26Cl2N4O3S. The Hall–Kier alpha value is -2.20. The molecule has 1 aliphatic rings. The van der Waals surface area contributed by atoms with Gasteiger partial charge in [-0.3, -0.25) is 9.80 Å². The summed E-state index contributed by atoms with van der Waals surface area (Å²) in [5.41, 5.74) is 2.44. The van der Waals surface area contributed by atoms with E-state index in [0.717, 1.165) is 58.5 Å². The average molecular weight is 533 g/mol. The molecule has 4 aromatic rings. The molecule has 5 rings (SSSR count). The molecule has 2 aromatic heterocycles. The summed E-state index contributed by atoms with van der Waals surface area (Å²) in [5, 5.41) is 16.8. The Morgan fingerprint density at radius 2 is 1.89 bits per heavy atom. The number of aliphatic hydroxyl groups excluding tert-OH is 1. The number of nitrogens with zero attached hydrogens (tertiary/aromatic N) is 4. The number of hydrogen-bond acceptors (Lipinski definition) is 8. The molecule has 7 nitrogen and oxygen atoms in total. The van der Waals surface area contributed by atoms with Crippen LogP contribution >= 0.6 is 34.5 Å². The Labute approximate surface area is 217 Å². The van der Waals surface area contributed by atoms with Gasteiger partial charge in [0.25, 0.3) is 0 Å². The van der Waals surface area contributed by atoms with Gasteiger partial charge in [0.2, 0.25) is 0 Å². The lowest BCUT2D eigenvalue weighted by atomic mass is 10.1. The fraction of sp³-hybridized carbons (Fsp3) is 0.360. The third-order valence-corrected chi connectivity index (χ3v) is 7.49. The topological polar surface area (TPSA) is 74.9 Å². The molecule has 0 amide bonds. The molecular weight excluding hydrogens is 507 g/mol. The molecule has 1 saturated heterocycles. The zero-order chi connectivity index (χ0) is 24.4. The summed E-state index contributed by atoms with van der Waals surface area (Å²) >= 11 is 13.9. The van der Waals surface area contributed by atoms with Gasteiger partial charge in [-0.2, -0.15) is 0 Å². The van der Waals surface area contributed by atoms with E-state index >= 15 is 0 Å². The van der Waals surface area contributed by atoms with Crippen LogP contribution in [0.3, 0.4) is 0 Å². The molecule has 0 bridgehead atoms. The van der Waals surface area contributed by atoms with Gasteiger partial charge in [0.1, 0.15) is 24.2 Å². The minimum Gasteiger partial charge on any atom is -0.491 e. The van der Waals surface area contributed by atoms with Crippen LogP contribution in [0.15, 0.2) is 47.0 Å². The minimum atomic E-state index is -0.560. The fourth-order valence-corrected chi connectivity index (χ4v) is 5.53. The van der Waals surface area contributed by atoms with Crippen molar-refractivity contribution < 1.29 is 14.4 Å². The highest BCUT2D eigenvalue weighted by atomic mass is 35.5. The number of thiazole rings is 1. The molecule has 0 aliphatic carbocycles. The van der Waals surface area contributed by atoms with Crippen molar-refractivity contribution in [3.63, 3.8) is 0 Å². The maximum atomic E-state index is 10.5. The minimum absolute atomic E-state index is 0.253. The van der Waals surface area contributed by atoms with Crippen molar-refractivity contribution >= 4 is 44.8 Å². The van der Waals surface area contributed by atoms with E-state index in [2.05, 4.69) is 19.9 Å². The first-order valence-electron chi connectivity index (χ1n) is 11.5. The maximum absolute atomic E-state index is 10.5. The van der Waals surface area contributed by atoms with Crippen molar-refractivity contribution in [2.75, 3.05) is 39.3 Å². The number of β-amino-alcohol motifs (C(OH)–C–C–N with tert-alkyl or cyclic N) is 1. The Balaban J connectivity index is 1.07. The van der Waals surface area contributed by atoms with E-state index in [4.69, 9.17) is 32.5 Å². The van der Waals surface area contributed by atoms with E-state index in [1.807, 2.05) is 37.3 Å². The molecule has 1 atom stereocenters. The van der Waals surface area contributed by atoms with Gasteiger partial charge in [0.05, 0.1) is 26.8 Å². The summed E-state index contributed by atoms with van der Waals surface area (Å²) in [6, 6.07) is 13.1. The monoisotopic (exact) mass is 532 g/mol. The van der Waals surface area contributed by atoms with Crippen molar-refractivity contribution in [1.29, 1.82) is 0 Å². The number of hydrogen-bond donors (Lipinski definition) is 1. The van der Waals surface area contributed by atoms with E-state index in [-0.39, 0.29) is 6.61 Å². The summed E-state index contributed by atoms with van der Waals surface area (Å²) in [5.74, 6) is 1.53. The molecule has 0 unspecified atom stereocenters. The van der Waals surface area contributed by atoms with Crippen LogP contribution < -0.4 is 4.74 Å². The Morgan fingerprint density at radius 3 is 2.69 bits per heavy atom. The normalized spacial score (nSPS) is 16.1. The molecule has 184 valence electrons. The SMILES string of the molecule is Cc1nc2cc(OC[C@@H](O)CN3CCN(Cc4cc(-c5ccc(Cl)cc5Cl)no4)CC3)ccc2s1. The van der Waals surface area contributed by atoms with Crippen molar-refractivity contribution in [1.82, 2.24) is 19.9 Å². The summed E-state index contributed by atoms with van der Waals surface area (Å²) in [4.78, 5) is 9.08. The third kappa shape index (κ3) is 6.14. The number of benzene rings is 2. The van der Waals surface area contributed by atoms with Crippen molar-refractivity contribution in [2.45, 2.75) is 19.6 Å². The zero-order valence-electron chi connectivity index (χ0n) is 19.3. The molecule has 1 aliphatic heterocycles. The van der Waals surface area contributed by atoms with Crippen LogP contribution in [-0.4, -0.2) is 70.5 Å². The lowest BCUT2D eigenvalue weighted by Gasteiger charge is -2.35. The molecule has 35 heavy (non-hydrogen) atoms. The summed E-state index contributed by atoms with van der Waals surface area (Å²) in [6.45, 7) is 6.99. The Bertz CT molecular complexity index is 1300. The standard InChI is InChI=1S/C25H26Cl2N4O3S/c1-16-28-24-11-19(3-5-25(24)35-16)33-15-18(32)13-30-6-8-31(9-7-30)14-20-12-23(29-34-20)21-4-2-17(26)10-22(21)27/h2-5,10-12,18,32H,6-9,13-15H2,1H3/t18-/m0/s1. The predicted octanol–water partition coefficient (Wildman–Crippen LogP) is 5.12. The van der Waals surface area contributed by atoms with Crippen LogP contribution in [0.2, 0.25) is 10.0 Å². The summed E-state index contributed by atoms with van der Waals surface area (Å²) < 4.78 is 12.5. The first-order valence-corrected chi connectivity index (χ1v) is 13.0. The zero-order valence-corrected chi connectivity index (χ0v) is 21.6. The Kier molecular flexibility index (Phi) is 7.57. The number of piperazine rings is 1. The van der Waals surface area contributed by atoms with E-state index in [1.165, 1.54) is 0 Å². The number of aryl methyl sites for hydroxylation is 1. The number of ether oxygens (including phenoxy) is 1. The van der Waals surface area contributed by atoms with E-state index < -0.39 is 6.10 Å². The first kappa shape index (κ1) is 24.5. The molecule has 1 N–H and O–H groups in total. The lowest BCUT2D eigenvalue weighted by molar-refractivity contribution is 0.0430. The summed E-state index contributed by atoms with van der Waals surface area (Å²) in [6.07, 6.45) is -0.560. The van der Waals surface area contributed by atoms with Gasteiger partial charge in [-0.15, -0.1) is 11.3 Å². The Morgan fingerprint density at radius 1 is 1.09 bits per heavy atom. The number of aliphatic hydroxyl groups is 1. The number of aromatic nitrogens is 2. The lowest BCUT2D eigenvalue weighted by Crippen LogP contribution is -2.48. The highest BCUT2D eigenvalue weighted by molar-refractivity contribution is 7.18. The van der Waals surface area contributed by atoms with Gasteiger partial charge in [0, 0.05) is 55.4 Å². The van der Waals surface area contributed by atoms with E-state index in [9.17, 15) is 5.11 Å². The second-order valence-electron chi connectivity index (χ2n) is 8.71. The van der Waals surface area contributed by atoms with Crippen LogP contribution in [0, 0.1) is 6.92 Å². The fourth-order valence-electron chi connectivity index (χ4n) is 4.22. The van der Waals surface area contributed by atoms with Crippen molar-refractivity contribution in [2.24, 2.45) is 0 Å². The second kappa shape index (κ2) is 10.8. The quantitative estimate of drug-likeness (QED) is 0.337. The van der Waals surface area contributed by atoms with Gasteiger partial charge in [-0.25, -0.2) is 4.98 Å². The van der Waals surface area contributed by atoms with Crippen LogP contribution in [0.1, 0.15) is 10.8 Å². The smallest absolute Gasteiger partial charge is 0.151 e. The third-order valence-electron chi connectivity index (χ3n) is 5.99. The second-order valence-corrected chi connectivity index (χ2v) is 10.8. The van der Waals surface area contributed by atoms with E-state index in [0.29, 0.717) is 28.8 Å². The molecule has 0 radical (unpaired) electrons. The highest BCUT2D eigenvalue weighted by Gasteiger charge is 2.21. The van der Waals surface area contributed by atoms with Crippen LogP contribution in [-0.2, 0) is 6.54 Å². The molecule has 0 saturated carbocycles. The molecule has 0 spiro atoms.